The molecule has 36 heavy (non-hydrogen) atoms. The number of carbonyl (C=O) groups is 1. The summed E-state index contributed by atoms with van der Waals surface area (Å²) < 4.78 is 32.4. The van der Waals surface area contributed by atoms with Gasteiger partial charge in [-0.1, -0.05) is 24.3 Å². The molecule has 0 spiro atoms. The van der Waals surface area contributed by atoms with E-state index in [-0.39, 0.29) is 30.7 Å². The topological polar surface area (TPSA) is 74.6 Å². The lowest BCUT2D eigenvalue weighted by atomic mass is 9.85. The highest BCUT2D eigenvalue weighted by Gasteiger charge is 2.33. The smallest absolute Gasteiger partial charge is 0.226 e. The Balaban J connectivity index is 1.47. The Labute approximate surface area is 208 Å². The normalized spacial score (nSPS) is 14.7. The summed E-state index contributed by atoms with van der Waals surface area (Å²) >= 11 is 0. The number of anilines is 1. The first kappa shape index (κ1) is 23.4. The van der Waals surface area contributed by atoms with Crippen molar-refractivity contribution < 1.29 is 23.4 Å². The molecule has 8 heteroatoms. The molecule has 0 unspecified atom stereocenters. The predicted octanol–water partition coefficient (Wildman–Crippen LogP) is 5.39. The van der Waals surface area contributed by atoms with Crippen LogP contribution in [0.3, 0.4) is 0 Å². The zero-order valence-corrected chi connectivity index (χ0v) is 20.2. The van der Waals surface area contributed by atoms with E-state index in [2.05, 4.69) is 5.32 Å². The standard InChI is InChI=1S/C28H26FN3O4/c1-17-27-22(15-26(33)30-28(27)32(31-17)20-9-11-21(34-2)12-10-20)18-8-13-24(25(14-18)35-3)36-16-19-6-4-5-7-23(19)29/h4-14,22H,15-16H2,1-3H3,(H,30,33)/t22-/m0/s1. The van der Waals surface area contributed by atoms with E-state index in [1.165, 1.54) is 6.07 Å². The van der Waals surface area contributed by atoms with Crippen molar-refractivity contribution in [2.45, 2.75) is 25.9 Å². The maximum atomic E-state index is 14.0. The lowest BCUT2D eigenvalue weighted by Crippen LogP contribution is -2.25. The molecule has 3 aromatic carbocycles. The molecule has 1 aliphatic rings. The third kappa shape index (κ3) is 4.37. The fourth-order valence-electron chi connectivity index (χ4n) is 4.53. The van der Waals surface area contributed by atoms with Gasteiger partial charge in [-0.25, -0.2) is 9.07 Å². The van der Waals surface area contributed by atoms with Crippen molar-refractivity contribution >= 4 is 11.7 Å². The summed E-state index contributed by atoms with van der Waals surface area (Å²) in [5, 5.41) is 7.73. The Morgan fingerprint density at radius 2 is 1.81 bits per heavy atom. The van der Waals surface area contributed by atoms with Gasteiger partial charge in [0.1, 0.15) is 24.0 Å². The van der Waals surface area contributed by atoms with Crippen molar-refractivity contribution in [3.05, 3.63) is 94.9 Å². The number of carbonyl (C=O) groups excluding carboxylic acids is 1. The average molecular weight is 488 g/mol. The van der Waals surface area contributed by atoms with E-state index in [0.717, 1.165) is 28.3 Å². The fourth-order valence-corrected chi connectivity index (χ4v) is 4.53. The quantitative estimate of drug-likeness (QED) is 0.378. The highest BCUT2D eigenvalue weighted by Crippen LogP contribution is 2.42. The van der Waals surface area contributed by atoms with Crippen LogP contribution in [0.2, 0.25) is 0 Å². The van der Waals surface area contributed by atoms with Gasteiger partial charge in [0.15, 0.2) is 11.5 Å². The third-order valence-corrected chi connectivity index (χ3v) is 6.35. The number of methoxy groups -OCH3 is 2. The number of hydrogen-bond acceptors (Lipinski definition) is 5. The summed E-state index contributed by atoms with van der Waals surface area (Å²) in [6.07, 6.45) is 0.279. The van der Waals surface area contributed by atoms with Gasteiger partial charge < -0.3 is 19.5 Å². The van der Waals surface area contributed by atoms with Gasteiger partial charge in [-0.2, -0.15) is 5.10 Å². The van der Waals surface area contributed by atoms with Gasteiger partial charge in [-0.15, -0.1) is 0 Å². The average Bonchev–Trinajstić information content (AvgIpc) is 3.23. The molecule has 1 aromatic heterocycles. The number of rotatable bonds is 7. The van der Waals surface area contributed by atoms with Crippen LogP contribution < -0.4 is 19.5 Å². The minimum absolute atomic E-state index is 0.0755. The van der Waals surface area contributed by atoms with Crippen LogP contribution in [0, 0.1) is 12.7 Å². The minimum atomic E-state index is -0.321. The first-order chi connectivity index (χ1) is 17.5. The van der Waals surface area contributed by atoms with Crippen LogP contribution in [-0.4, -0.2) is 29.9 Å². The van der Waals surface area contributed by atoms with E-state index >= 15 is 0 Å². The second-order valence-corrected chi connectivity index (χ2v) is 8.55. The lowest BCUT2D eigenvalue weighted by molar-refractivity contribution is -0.116. The molecule has 4 aromatic rings. The number of ether oxygens (including phenoxy) is 3. The maximum Gasteiger partial charge on any atom is 0.226 e. The molecule has 2 heterocycles. The molecule has 1 aliphatic heterocycles. The lowest BCUT2D eigenvalue weighted by Gasteiger charge is -2.25. The van der Waals surface area contributed by atoms with Crippen molar-refractivity contribution in [3.63, 3.8) is 0 Å². The van der Waals surface area contributed by atoms with Crippen LogP contribution in [0.5, 0.6) is 17.2 Å². The van der Waals surface area contributed by atoms with Gasteiger partial charge in [-0.05, 0) is 55.0 Å². The molecule has 0 aliphatic carbocycles. The monoisotopic (exact) mass is 487 g/mol. The van der Waals surface area contributed by atoms with Gasteiger partial charge >= 0.3 is 0 Å². The first-order valence-electron chi connectivity index (χ1n) is 11.6. The van der Waals surface area contributed by atoms with Crippen LogP contribution in [0.25, 0.3) is 5.69 Å². The number of benzene rings is 3. The Morgan fingerprint density at radius 3 is 2.53 bits per heavy atom. The van der Waals surface area contributed by atoms with Crippen molar-refractivity contribution in [3.8, 4) is 22.9 Å². The van der Waals surface area contributed by atoms with Gasteiger partial charge in [0.25, 0.3) is 0 Å². The summed E-state index contributed by atoms with van der Waals surface area (Å²) in [5.74, 6) is 1.77. The van der Waals surface area contributed by atoms with E-state index in [9.17, 15) is 9.18 Å². The maximum absolute atomic E-state index is 14.0. The van der Waals surface area contributed by atoms with E-state index in [1.807, 2.05) is 43.3 Å². The number of aryl methyl sites for hydroxylation is 1. The molecule has 0 fully saturated rings. The minimum Gasteiger partial charge on any atom is -0.497 e. The SMILES string of the molecule is COc1ccc(-n2nc(C)c3c2NC(=O)C[C@H]3c2ccc(OCc3ccccc3F)c(OC)c2)cc1. The molecule has 0 radical (unpaired) electrons. The Hall–Kier alpha value is -4.33. The molecule has 7 nitrogen and oxygen atoms in total. The molecule has 5 rings (SSSR count). The number of nitrogens with zero attached hydrogens (tertiary/aromatic N) is 2. The second kappa shape index (κ2) is 9.73. The number of aromatic nitrogens is 2. The zero-order valence-electron chi connectivity index (χ0n) is 20.2. The first-order valence-corrected chi connectivity index (χ1v) is 11.6. The summed E-state index contributed by atoms with van der Waals surface area (Å²) in [6.45, 7) is 2.01. The number of fused-ring (bicyclic) bond motifs is 1. The fraction of sp³-hybridized carbons (Fsp3) is 0.214. The summed E-state index contributed by atoms with van der Waals surface area (Å²) in [4.78, 5) is 12.8. The van der Waals surface area contributed by atoms with E-state index in [0.29, 0.717) is 22.9 Å². The third-order valence-electron chi connectivity index (χ3n) is 6.35. The van der Waals surface area contributed by atoms with Crippen molar-refractivity contribution in [2.24, 2.45) is 0 Å². The van der Waals surface area contributed by atoms with Gasteiger partial charge in [0.2, 0.25) is 5.91 Å². The molecule has 0 bridgehead atoms. The van der Waals surface area contributed by atoms with E-state index in [1.54, 1.807) is 43.2 Å². The van der Waals surface area contributed by atoms with Gasteiger partial charge in [0, 0.05) is 23.5 Å². The molecule has 1 atom stereocenters. The molecule has 184 valence electrons. The molecule has 1 N–H and O–H groups in total. The number of hydrogen-bond donors (Lipinski definition) is 1. The molecule has 0 saturated carbocycles. The Morgan fingerprint density at radius 1 is 1.03 bits per heavy atom. The largest absolute Gasteiger partial charge is 0.497 e. The number of amides is 1. The van der Waals surface area contributed by atoms with E-state index < -0.39 is 0 Å². The Kier molecular flexibility index (Phi) is 6.33. The van der Waals surface area contributed by atoms with Crippen LogP contribution in [0.1, 0.15) is 34.7 Å². The summed E-state index contributed by atoms with van der Waals surface area (Å²) in [6, 6.07) is 19.6. The van der Waals surface area contributed by atoms with Crippen LogP contribution in [0.4, 0.5) is 10.2 Å². The number of halogens is 1. The number of nitrogens with one attached hydrogen (secondary N) is 1. The highest BCUT2D eigenvalue weighted by molar-refractivity contribution is 5.95. The van der Waals surface area contributed by atoms with E-state index in [4.69, 9.17) is 19.3 Å². The van der Waals surface area contributed by atoms with Crippen molar-refractivity contribution in [1.29, 1.82) is 0 Å². The van der Waals surface area contributed by atoms with Gasteiger partial charge in [0.05, 0.1) is 25.6 Å². The van der Waals surface area contributed by atoms with Crippen LogP contribution in [-0.2, 0) is 11.4 Å². The van der Waals surface area contributed by atoms with Crippen LogP contribution >= 0.6 is 0 Å². The zero-order chi connectivity index (χ0) is 25.2. The van der Waals surface area contributed by atoms with Crippen molar-refractivity contribution in [2.75, 3.05) is 19.5 Å². The van der Waals surface area contributed by atoms with Gasteiger partial charge in [-0.3, -0.25) is 4.79 Å². The molecular weight excluding hydrogens is 461 g/mol. The highest BCUT2D eigenvalue weighted by atomic mass is 19.1. The molecular formula is C28H26FN3O4. The Bertz CT molecular complexity index is 1420. The predicted molar refractivity (Wildman–Crippen MR) is 134 cm³/mol. The summed E-state index contributed by atoms with van der Waals surface area (Å²) in [5.41, 5.74) is 3.95. The van der Waals surface area contributed by atoms with Crippen LogP contribution in [0.15, 0.2) is 66.7 Å². The van der Waals surface area contributed by atoms with Crippen molar-refractivity contribution in [1.82, 2.24) is 9.78 Å². The second-order valence-electron chi connectivity index (χ2n) is 8.55. The molecule has 1 amide bonds. The molecule has 0 saturated heterocycles. The summed E-state index contributed by atoms with van der Waals surface area (Å²) in [7, 11) is 3.17.